The Bertz CT molecular complexity index is 1320. The van der Waals surface area contributed by atoms with Crippen molar-refractivity contribution in [3.63, 3.8) is 0 Å². The van der Waals surface area contributed by atoms with Crippen LogP contribution in [0, 0.1) is 5.92 Å². The van der Waals surface area contributed by atoms with Crippen LogP contribution in [0.25, 0.3) is 0 Å². The second kappa shape index (κ2) is 11.6. The van der Waals surface area contributed by atoms with Gasteiger partial charge in [-0.15, -0.1) is 0 Å². The lowest BCUT2D eigenvalue weighted by Gasteiger charge is -2.37. The van der Waals surface area contributed by atoms with Crippen LogP contribution in [0.15, 0.2) is 64.8 Å². The lowest BCUT2D eigenvalue weighted by atomic mass is 9.69. The summed E-state index contributed by atoms with van der Waals surface area (Å²) in [7, 11) is 1.50. The molecule has 1 heterocycles. The summed E-state index contributed by atoms with van der Waals surface area (Å²) in [4.78, 5) is 44.1. The quantitative estimate of drug-likeness (QED) is 0.333. The molecule has 0 amide bonds. The molecule has 3 atom stereocenters. The Morgan fingerprint density at radius 3 is 2.36 bits per heavy atom. The van der Waals surface area contributed by atoms with Crippen LogP contribution in [0.1, 0.15) is 81.8 Å². The average Bonchev–Trinajstić information content (AvgIpc) is 2.93. The van der Waals surface area contributed by atoms with Crippen LogP contribution in [0.2, 0.25) is 0 Å². The van der Waals surface area contributed by atoms with E-state index in [1.54, 1.807) is 18.2 Å². The van der Waals surface area contributed by atoms with Crippen LogP contribution in [0.3, 0.4) is 0 Å². The van der Waals surface area contributed by atoms with E-state index >= 15 is 0 Å². The molecule has 39 heavy (non-hydrogen) atoms. The number of nitrogens with zero attached hydrogens (tertiary/aromatic N) is 1. The molecule has 1 saturated carbocycles. The number of allylic oxidation sites excluding steroid dienone is 2. The zero-order valence-corrected chi connectivity index (χ0v) is 22.8. The molecule has 0 aromatic heterocycles. The molecule has 0 saturated heterocycles. The van der Waals surface area contributed by atoms with Crippen molar-refractivity contribution in [2.45, 2.75) is 76.7 Å². The largest absolute Gasteiger partial charge is 0.493 e. The summed E-state index contributed by atoms with van der Waals surface area (Å²) in [6.45, 7) is 3.18. The number of ketones is 1. The van der Waals surface area contributed by atoms with E-state index in [1.165, 1.54) is 14.0 Å². The molecule has 204 valence electrons. The fourth-order valence-corrected chi connectivity index (χ4v) is 6.22. The van der Waals surface area contributed by atoms with E-state index < -0.39 is 17.8 Å². The summed E-state index contributed by atoms with van der Waals surface area (Å²) in [5.41, 5.74) is 3.77. The molecule has 0 radical (unpaired) electrons. The monoisotopic (exact) mass is 529 g/mol. The van der Waals surface area contributed by atoms with E-state index in [0.717, 1.165) is 48.9 Å². The Labute approximate surface area is 229 Å². The van der Waals surface area contributed by atoms with Crippen molar-refractivity contribution in [1.29, 1.82) is 0 Å². The summed E-state index contributed by atoms with van der Waals surface area (Å²) in [6.07, 6.45) is 5.81. The first-order chi connectivity index (χ1) is 18.9. The highest BCUT2D eigenvalue weighted by Gasteiger charge is 2.45. The maximum absolute atomic E-state index is 13.8. The first kappa shape index (κ1) is 26.9. The minimum Gasteiger partial charge on any atom is -0.493 e. The standard InChI is InChI=1S/C32H35NO6/c1-19-29(32(36)39-24-12-8-5-9-13-24)30(22-14-15-27(38-20(2)34)28(18-22)37-3)31-25(33-19)16-23(17-26(31)35)21-10-6-4-7-11-21/h4,6-7,10-11,14-15,18,23-24,29-30H,5,8-9,12-13,16-17H2,1-3H3/t23-,29?,30+/m1/s1. The molecule has 7 nitrogen and oxygen atoms in total. The van der Waals surface area contributed by atoms with Gasteiger partial charge < -0.3 is 14.2 Å². The Balaban J connectivity index is 1.56. The summed E-state index contributed by atoms with van der Waals surface area (Å²) in [5, 5.41) is 0. The Kier molecular flexibility index (Phi) is 7.96. The summed E-state index contributed by atoms with van der Waals surface area (Å²) in [5.74, 6) is -1.45. The molecule has 5 rings (SSSR count). The SMILES string of the molecule is COc1cc([C@@H]2C3=C(C[C@@H](c4ccccc4)CC3=O)N=C(C)C2C(=O)OC2CCCCC2)ccc1OC(C)=O. The fourth-order valence-electron chi connectivity index (χ4n) is 6.22. The van der Waals surface area contributed by atoms with Gasteiger partial charge in [-0.25, -0.2) is 0 Å². The number of ether oxygens (including phenoxy) is 3. The maximum atomic E-state index is 13.8. The number of rotatable bonds is 6. The number of carbonyl (C=O) groups is 3. The molecular formula is C32H35NO6. The van der Waals surface area contributed by atoms with Gasteiger partial charge in [0, 0.05) is 36.2 Å². The lowest BCUT2D eigenvalue weighted by molar-refractivity contribution is -0.153. The Hall–Kier alpha value is -3.74. The first-order valence-electron chi connectivity index (χ1n) is 13.8. The molecule has 1 fully saturated rings. The fraction of sp³-hybridized carbons (Fsp3) is 0.438. The number of esters is 2. The van der Waals surface area contributed by atoms with Crippen LogP contribution in [-0.4, -0.2) is 36.6 Å². The number of hydrogen-bond donors (Lipinski definition) is 0. The maximum Gasteiger partial charge on any atom is 0.315 e. The Morgan fingerprint density at radius 2 is 1.67 bits per heavy atom. The number of benzene rings is 2. The number of Topliss-reactive ketones (excluding diaryl/α,β-unsaturated/α-hetero) is 1. The van der Waals surface area contributed by atoms with Gasteiger partial charge in [-0.3, -0.25) is 19.4 Å². The van der Waals surface area contributed by atoms with E-state index in [0.29, 0.717) is 29.9 Å². The number of carbonyl (C=O) groups excluding carboxylic acids is 3. The Morgan fingerprint density at radius 1 is 0.923 bits per heavy atom. The third-order valence-electron chi connectivity index (χ3n) is 8.05. The molecule has 3 aliphatic rings. The van der Waals surface area contributed by atoms with Crippen molar-refractivity contribution in [3.05, 3.63) is 70.9 Å². The average molecular weight is 530 g/mol. The van der Waals surface area contributed by atoms with Crippen molar-refractivity contribution in [3.8, 4) is 11.5 Å². The van der Waals surface area contributed by atoms with E-state index in [2.05, 4.69) is 0 Å². The van der Waals surface area contributed by atoms with Crippen LogP contribution in [0.4, 0.5) is 0 Å². The first-order valence-corrected chi connectivity index (χ1v) is 13.8. The van der Waals surface area contributed by atoms with Crippen molar-refractivity contribution in [2.75, 3.05) is 7.11 Å². The number of aliphatic imine (C=N–C) groups is 1. The van der Waals surface area contributed by atoms with Crippen LogP contribution < -0.4 is 9.47 Å². The van der Waals surface area contributed by atoms with Gasteiger partial charge in [0.1, 0.15) is 12.0 Å². The number of hydrogen-bond acceptors (Lipinski definition) is 7. The predicted molar refractivity (Wildman–Crippen MR) is 147 cm³/mol. The van der Waals surface area contributed by atoms with Gasteiger partial charge in [0.15, 0.2) is 17.3 Å². The summed E-state index contributed by atoms with van der Waals surface area (Å²) < 4.78 is 16.9. The molecule has 0 bridgehead atoms. The zero-order chi connectivity index (χ0) is 27.5. The predicted octanol–water partition coefficient (Wildman–Crippen LogP) is 6.07. The smallest absolute Gasteiger partial charge is 0.315 e. The van der Waals surface area contributed by atoms with Crippen molar-refractivity contribution in [1.82, 2.24) is 0 Å². The molecule has 2 aromatic carbocycles. The summed E-state index contributed by atoms with van der Waals surface area (Å²) >= 11 is 0. The molecule has 0 N–H and O–H groups in total. The van der Waals surface area contributed by atoms with Crippen LogP contribution in [-0.2, 0) is 19.1 Å². The normalized spacial score (nSPS) is 23.5. The second-order valence-electron chi connectivity index (χ2n) is 10.7. The van der Waals surface area contributed by atoms with Crippen molar-refractivity contribution < 1.29 is 28.6 Å². The second-order valence-corrected chi connectivity index (χ2v) is 10.7. The zero-order valence-electron chi connectivity index (χ0n) is 22.8. The van der Waals surface area contributed by atoms with Gasteiger partial charge in [-0.1, -0.05) is 42.8 Å². The molecule has 2 aliphatic carbocycles. The highest BCUT2D eigenvalue weighted by Crippen LogP contribution is 2.48. The van der Waals surface area contributed by atoms with Crippen LogP contribution >= 0.6 is 0 Å². The highest BCUT2D eigenvalue weighted by atomic mass is 16.6. The molecule has 0 spiro atoms. The van der Waals surface area contributed by atoms with Gasteiger partial charge in [0.05, 0.1) is 7.11 Å². The van der Waals surface area contributed by atoms with E-state index in [9.17, 15) is 14.4 Å². The third-order valence-corrected chi connectivity index (χ3v) is 8.05. The van der Waals surface area contributed by atoms with Gasteiger partial charge in [-0.2, -0.15) is 0 Å². The third kappa shape index (κ3) is 5.68. The molecular weight excluding hydrogens is 494 g/mol. The minimum absolute atomic E-state index is 0.00940. The van der Waals surface area contributed by atoms with Gasteiger partial charge in [0.2, 0.25) is 0 Å². The van der Waals surface area contributed by atoms with E-state index in [-0.39, 0.29) is 29.5 Å². The summed E-state index contributed by atoms with van der Waals surface area (Å²) in [6, 6.07) is 15.2. The van der Waals surface area contributed by atoms with Gasteiger partial charge in [-0.05, 0) is 68.2 Å². The lowest BCUT2D eigenvalue weighted by Crippen LogP contribution is -2.39. The van der Waals surface area contributed by atoms with Gasteiger partial charge >= 0.3 is 11.9 Å². The van der Waals surface area contributed by atoms with E-state index in [1.807, 2.05) is 37.3 Å². The minimum atomic E-state index is -0.729. The number of methoxy groups -OCH3 is 1. The topological polar surface area (TPSA) is 91.3 Å². The molecule has 2 aromatic rings. The molecule has 7 heteroatoms. The molecule has 1 aliphatic heterocycles. The van der Waals surface area contributed by atoms with Crippen molar-refractivity contribution >= 4 is 23.4 Å². The van der Waals surface area contributed by atoms with Crippen LogP contribution in [0.5, 0.6) is 11.5 Å². The van der Waals surface area contributed by atoms with Crippen molar-refractivity contribution in [2.24, 2.45) is 10.9 Å². The van der Waals surface area contributed by atoms with Gasteiger partial charge in [0.25, 0.3) is 0 Å². The molecule has 1 unspecified atom stereocenters. The highest BCUT2D eigenvalue weighted by molar-refractivity contribution is 6.09. The van der Waals surface area contributed by atoms with E-state index in [4.69, 9.17) is 19.2 Å².